The molecule has 0 fully saturated rings. The van der Waals surface area contributed by atoms with Crippen LogP contribution in [0.5, 0.6) is 0 Å². The molecule has 4 N–H and O–H groups in total. The Morgan fingerprint density at radius 3 is 2.56 bits per heavy atom. The molecule has 5 nitrogen and oxygen atoms in total. The number of benzene rings is 1. The van der Waals surface area contributed by atoms with Gasteiger partial charge >= 0.3 is 0 Å². The summed E-state index contributed by atoms with van der Waals surface area (Å²) in [5.41, 5.74) is 14.5. The van der Waals surface area contributed by atoms with Crippen LogP contribution in [0.3, 0.4) is 0 Å². The summed E-state index contributed by atoms with van der Waals surface area (Å²) < 4.78 is 4.83. The molecule has 0 saturated carbocycles. The zero-order chi connectivity index (χ0) is 13.0. The maximum Gasteiger partial charge on any atom is 0.222 e. The fourth-order valence-electron chi connectivity index (χ4n) is 1.61. The molecule has 0 unspecified atom stereocenters. The predicted octanol–water partition coefficient (Wildman–Crippen LogP) is 1.92. The van der Waals surface area contributed by atoms with E-state index in [-0.39, 0.29) is 0 Å². The lowest BCUT2D eigenvalue weighted by atomic mass is 10.0. The molecule has 1 aromatic heterocycles. The van der Waals surface area contributed by atoms with Crippen LogP contribution in [-0.4, -0.2) is 18.4 Å². The van der Waals surface area contributed by atoms with Crippen LogP contribution >= 0.6 is 0 Å². The van der Waals surface area contributed by atoms with Gasteiger partial charge < -0.3 is 16.0 Å². The Morgan fingerprint density at radius 2 is 2.06 bits per heavy atom. The lowest BCUT2D eigenvalue weighted by Crippen LogP contribution is -1.91. The summed E-state index contributed by atoms with van der Waals surface area (Å²) in [4.78, 5) is 3.95. The van der Waals surface area contributed by atoms with Crippen molar-refractivity contribution in [3.8, 4) is 11.3 Å². The van der Waals surface area contributed by atoms with Gasteiger partial charge in [-0.25, -0.2) is 0 Å². The minimum absolute atomic E-state index is 0.301. The summed E-state index contributed by atoms with van der Waals surface area (Å²) in [5, 5.41) is 3.85. The number of nitrogens with two attached hydrogens (primary N) is 2. The summed E-state index contributed by atoms with van der Waals surface area (Å²) in [7, 11) is 1.70. The number of nitrogens with zero attached hydrogens (tertiary/aromatic N) is 2. The second-order valence-corrected chi connectivity index (χ2v) is 3.70. The quantitative estimate of drug-likeness (QED) is 0.804. The molecule has 1 aromatic carbocycles. The maximum atomic E-state index is 5.55. The van der Waals surface area contributed by atoms with Crippen molar-refractivity contribution in [1.29, 1.82) is 0 Å². The molecule has 0 saturated heterocycles. The maximum absolute atomic E-state index is 5.55. The van der Waals surface area contributed by atoms with Crippen LogP contribution in [0.2, 0.25) is 0 Å². The van der Waals surface area contributed by atoms with Crippen LogP contribution in [0, 0.1) is 0 Å². The van der Waals surface area contributed by atoms with E-state index in [1.165, 1.54) is 6.20 Å². The van der Waals surface area contributed by atoms with Crippen molar-refractivity contribution in [2.24, 2.45) is 10.7 Å². The first kappa shape index (κ1) is 11.9. The number of hydrogen-bond acceptors (Lipinski definition) is 5. The second kappa shape index (κ2) is 5.18. The third-order valence-corrected chi connectivity index (χ3v) is 2.49. The molecule has 0 amide bonds. The van der Waals surface area contributed by atoms with Gasteiger partial charge in [0, 0.05) is 36.7 Å². The van der Waals surface area contributed by atoms with Crippen molar-refractivity contribution in [3.63, 3.8) is 0 Å². The number of aliphatic imine (C=N–C) groups is 1. The lowest BCUT2D eigenvalue weighted by molar-refractivity contribution is 0.439. The number of hydrogen-bond donors (Lipinski definition) is 2. The van der Waals surface area contributed by atoms with E-state index in [0.717, 1.165) is 16.7 Å². The topological polar surface area (TPSA) is 90.4 Å². The largest absolute Gasteiger partial charge is 0.404 e. The van der Waals surface area contributed by atoms with Gasteiger partial charge in [0.15, 0.2) is 0 Å². The summed E-state index contributed by atoms with van der Waals surface area (Å²) in [6, 6.07) is 9.43. The third-order valence-electron chi connectivity index (χ3n) is 2.49. The zero-order valence-electron chi connectivity index (χ0n) is 10.00. The normalized spacial score (nSPS) is 12.2. The van der Waals surface area contributed by atoms with E-state index in [2.05, 4.69) is 10.1 Å². The molecule has 0 radical (unpaired) electrons. The smallest absolute Gasteiger partial charge is 0.222 e. The second-order valence-electron chi connectivity index (χ2n) is 3.70. The molecule has 2 rings (SSSR count). The van der Waals surface area contributed by atoms with Crippen molar-refractivity contribution in [2.45, 2.75) is 0 Å². The van der Waals surface area contributed by atoms with Gasteiger partial charge in [0.2, 0.25) is 5.88 Å². The molecule has 0 aliphatic heterocycles. The number of aromatic nitrogens is 1. The fourth-order valence-corrected chi connectivity index (χ4v) is 1.61. The summed E-state index contributed by atoms with van der Waals surface area (Å²) in [6.07, 6.45) is 3.24. The highest BCUT2D eigenvalue weighted by Gasteiger charge is 2.05. The van der Waals surface area contributed by atoms with Crippen LogP contribution in [-0.2, 0) is 0 Å². The highest BCUT2D eigenvalue weighted by molar-refractivity contribution is 6.09. The van der Waals surface area contributed by atoms with Crippen molar-refractivity contribution in [3.05, 3.63) is 42.1 Å². The highest BCUT2D eigenvalue weighted by Crippen LogP contribution is 2.22. The van der Waals surface area contributed by atoms with E-state index in [0.29, 0.717) is 11.6 Å². The molecule has 0 bridgehead atoms. The SMILES string of the molecule is CN=C/C(=C\N)c1ccc(-c2cc(N)on2)cc1. The van der Waals surface area contributed by atoms with Crippen LogP contribution < -0.4 is 11.5 Å². The fraction of sp³-hybridized carbons (Fsp3) is 0.0769. The molecule has 2 aromatic rings. The Bertz CT molecular complexity index is 581. The van der Waals surface area contributed by atoms with Crippen molar-refractivity contribution >= 4 is 17.7 Å². The molecule has 0 atom stereocenters. The highest BCUT2D eigenvalue weighted by atomic mass is 16.5. The van der Waals surface area contributed by atoms with Crippen LogP contribution in [0.25, 0.3) is 16.8 Å². The van der Waals surface area contributed by atoms with E-state index in [1.54, 1.807) is 19.3 Å². The van der Waals surface area contributed by atoms with Gasteiger partial charge in [-0.15, -0.1) is 0 Å². The first-order valence-electron chi connectivity index (χ1n) is 5.41. The molecule has 92 valence electrons. The van der Waals surface area contributed by atoms with Gasteiger partial charge in [-0.05, 0) is 5.56 Å². The standard InChI is InChI=1S/C13H14N4O/c1-16-8-11(7-14)9-2-4-10(5-3-9)12-6-13(15)18-17-12/h2-8H,14-15H2,1H3/b11-7+,16-8?. The molecule has 1 heterocycles. The Balaban J connectivity index is 2.30. The lowest BCUT2D eigenvalue weighted by Gasteiger charge is -2.02. The first-order valence-corrected chi connectivity index (χ1v) is 5.41. The predicted molar refractivity (Wildman–Crippen MR) is 72.9 cm³/mol. The number of rotatable bonds is 3. The van der Waals surface area contributed by atoms with E-state index in [4.69, 9.17) is 16.0 Å². The summed E-state index contributed by atoms with van der Waals surface area (Å²) >= 11 is 0. The van der Waals surface area contributed by atoms with Gasteiger partial charge in [-0.1, -0.05) is 29.4 Å². The third kappa shape index (κ3) is 2.40. The van der Waals surface area contributed by atoms with Gasteiger partial charge in [0.1, 0.15) is 5.69 Å². The Hall–Kier alpha value is -2.56. The Labute approximate surface area is 105 Å². The Kier molecular flexibility index (Phi) is 3.43. The minimum Gasteiger partial charge on any atom is -0.404 e. The number of nitrogen functional groups attached to an aromatic ring is 1. The molecule has 18 heavy (non-hydrogen) atoms. The van der Waals surface area contributed by atoms with E-state index >= 15 is 0 Å². The zero-order valence-corrected chi connectivity index (χ0v) is 10.00. The summed E-state index contributed by atoms with van der Waals surface area (Å²) in [6.45, 7) is 0. The number of anilines is 1. The minimum atomic E-state index is 0.301. The molecule has 0 spiro atoms. The van der Waals surface area contributed by atoms with Gasteiger partial charge in [0.25, 0.3) is 0 Å². The average Bonchev–Trinajstić information content (AvgIpc) is 2.83. The molecule has 0 aliphatic rings. The molecule has 5 heteroatoms. The number of allylic oxidation sites excluding steroid dienone is 1. The van der Waals surface area contributed by atoms with Gasteiger partial charge in [0.05, 0.1) is 0 Å². The van der Waals surface area contributed by atoms with Crippen molar-refractivity contribution in [2.75, 3.05) is 12.8 Å². The molecule has 0 aliphatic carbocycles. The van der Waals surface area contributed by atoms with E-state index < -0.39 is 0 Å². The van der Waals surface area contributed by atoms with Crippen molar-refractivity contribution in [1.82, 2.24) is 5.16 Å². The van der Waals surface area contributed by atoms with Gasteiger partial charge in [-0.3, -0.25) is 4.99 Å². The van der Waals surface area contributed by atoms with Crippen molar-refractivity contribution < 1.29 is 4.52 Å². The monoisotopic (exact) mass is 242 g/mol. The summed E-state index contributed by atoms with van der Waals surface area (Å²) in [5.74, 6) is 0.301. The van der Waals surface area contributed by atoms with Crippen LogP contribution in [0.1, 0.15) is 5.56 Å². The van der Waals surface area contributed by atoms with Crippen LogP contribution in [0.4, 0.5) is 5.88 Å². The molecular weight excluding hydrogens is 228 g/mol. The average molecular weight is 242 g/mol. The first-order chi connectivity index (χ1) is 8.74. The molecular formula is C13H14N4O. The van der Waals surface area contributed by atoms with Crippen LogP contribution in [0.15, 0.2) is 46.0 Å². The van der Waals surface area contributed by atoms with E-state index in [9.17, 15) is 0 Å². The van der Waals surface area contributed by atoms with Gasteiger partial charge in [-0.2, -0.15) is 0 Å². The Morgan fingerprint density at radius 1 is 1.33 bits per heavy atom. The van der Waals surface area contributed by atoms with E-state index in [1.807, 2.05) is 24.3 Å².